The normalized spacial score (nSPS) is 12.1. The summed E-state index contributed by atoms with van der Waals surface area (Å²) in [6.07, 6.45) is -0.0928. The van der Waals surface area contributed by atoms with Gasteiger partial charge in [-0.05, 0) is 30.3 Å². The highest BCUT2D eigenvalue weighted by Crippen LogP contribution is 2.26. The molecule has 12 heteroatoms. The molecular weight excluding hydrogens is 402 g/mol. The molecule has 3 N–H and O–H groups in total. The Morgan fingerprint density at radius 1 is 0.852 bits per heavy atom. The fourth-order valence-electron chi connectivity index (χ4n) is 1.89. The Morgan fingerprint density at radius 3 is 1.74 bits per heavy atom. The number of hydrogen-bond donors (Lipinski definition) is 2. The zero-order valence-corrected chi connectivity index (χ0v) is 13.7. The lowest BCUT2D eigenvalue weighted by Gasteiger charge is -2.10. The number of nitrogens with two attached hydrogens (primary N) is 1. The maximum atomic E-state index is 13.7. The molecule has 0 saturated heterocycles. The summed E-state index contributed by atoms with van der Waals surface area (Å²) in [4.78, 5) is 9.93. The van der Waals surface area contributed by atoms with E-state index in [9.17, 15) is 39.6 Å². The fourth-order valence-corrected chi connectivity index (χ4v) is 2.98. The number of carbonyl (C=O) groups is 1. The second-order valence-electron chi connectivity index (χ2n) is 4.97. The molecule has 2 aromatic rings. The van der Waals surface area contributed by atoms with Crippen LogP contribution in [0.1, 0.15) is 5.56 Å². The first-order chi connectivity index (χ1) is 12.5. The molecule has 0 heterocycles. The Labute approximate surface area is 148 Å². The van der Waals surface area contributed by atoms with E-state index in [1.54, 1.807) is 4.72 Å². The summed E-state index contributed by atoms with van der Waals surface area (Å²) in [5.41, 5.74) is 2.92. The summed E-state index contributed by atoms with van der Waals surface area (Å²) >= 11 is 0. The monoisotopic (exact) mass is 410 g/mol. The molecule has 0 fully saturated rings. The van der Waals surface area contributed by atoms with E-state index in [1.165, 1.54) is 0 Å². The van der Waals surface area contributed by atoms with Gasteiger partial charge in [0.1, 0.15) is 5.82 Å². The Balaban J connectivity index is 2.61. The molecule has 0 aromatic heterocycles. The molecule has 144 valence electrons. The Bertz CT molecular complexity index is 1020. The number of carbonyl (C=O) groups excluding carboxylic acids is 1. The minimum absolute atomic E-state index is 0.0928. The third-order valence-electron chi connectivity index (χ3n) is 3.15. The predicted molar refractivity (Wildman–Crippen MR) is 82.3 cm³/mol. The van der Waals surface area contributed by atoms with E-state index < -0.39 is 61.3 Å². The Kier molecular flexibility index (Phi) is 5.49. The fraction of sp³-hybridized carbons (Fsp3) is 0. The van der Waals surface area contributed by atoms with Crippen LogP contribution in [0.4, 0.5) is 32.0 Å². The van der Waals surface area contributed by atoms with Crippen molar-refractivity contribution >= 4 is 27.7 Å². The molecule has 27 heavy (non-hydrogen) atoms. The van der Waals surface area contributed by atoms with Gasteiger partial charge in [0.05, 0.1) is 5.56 Å². The van der Waals surface area contributed by atoms with Crippen LogP contribution >= 0.6 is 0 Å². The molecule has 0 radical (unpaired) electrons. The molecule has 0 unspecified atom stereocenters. The molecular formula is C15H8F6N2O3S. The molecule has 0 aliphatic carbocycles. The van der Waals surface area contributed by atoms with E-state index in [-0.39, 0.29) is 11.8 Å². The largest absolute Gasteiger partial charge is 0.365 e. The lowest BCUT2D eigenvalue weighted by molar-refractivity contribution is -0.113. The van der Waals surface area contributed by atoms with Gasteiger partial charge in [0, 0.05) is 5.69 Å². The zero-order chi connectivity index (χ0) is 20.5. The van der Waals surface area contributed by atoms with Crippen molar-refractivity contribution in [1.82, 2.24) is 0 Å². The average Bonchev–Trinajstić information content (AvgIpc) is 2.59. The molecule has 0 spiro atoms. The second kappa shape index (κ2) is 7.31. The summed E-state index contributed by atoms with van der Waals surface area (Å²) in [7, 11) is -4.91. The third kappa shape index (κ3) is 4.05. The van der Waals surface area contributed by atoms with Gasteiger partial charge in [-0.3, -0.25) is 9.52 Å². The van der Waals surface area contributed by atoms with Gasteiger partial charge >= 0.3 is 0 Å². The van der Waals surface area contributed by atoms with Crippen LogP contribution in [-0.2, 0) is 14.8 Å². The summed E-state index contributed by atoms with van der Waals surface area (Å²) in [5, 5.41) is 0. The highest BCUT2D eigenvalue weighted by Gasteiger charge is 2.29. The highest BCUT2D eigenvalue weighted by molar-refractivity contribution is 7.97. The van der Waals surface area contributed by atoms with Gasteiger partial charge in [-0.15, -0.1) is 0 Å². The average molecular weight is 410 g/mol. The maximum absolute atomic E-state index is 13.7. The van der Waals surface area contributed by atoms with Crippen LogP contribution in [0.25, 0.3) is 6.08 Å². The van der Waals surface area contributed by atoms with Crippen LogP contribution < -0.4 is 10.5 Å². The predicted octanol–water partition coefficient (Wildman–Crippen LogP) is 2.79. The summed E-state index contributed by atoms with van der Waals surface area (Å²) in [5.74, 6) is -14.3. The van der Waals surface area contributed by atoms with Gasteiger partial charge in [0.15, 0.2) is 28.2 Å². The number of primary amides is 1. The van der Waals surface area contributed by atoms with Crippen molar-refractivity contribution in [1.29, 1.82) is 0 Å². The van der Waals surface area contributed by atoms with Crippen LogP contribution in [-0.4, -0.2) is 14.3 Å². The van der Waals surface area contributed by atoms with Crippen LogP contribution in [0.5, 0.6) is 0 Å². The van der Waals surface area contributed by atoms with Crippen LogP contribution in [0, 0.1) is 34.9 Å². The van der Waals surface area contributed by atoms with Crippen LogP contribution in [0.2, 0.25) is 0 Å². The number of halogens is 6. The third-order valence-corrected chi connectivity index (χ3v) is 4.55. The maximum Gasteiger partial charge on any atom is 0.267 e. The van der Waals surface area contributed by atoms with E-state index in [0.29, 0.717) is 0 Å². The van der Waals surface area contributed by atoms with Gasteiger partial charge < -0.3 is 5.73 Å². The molecule has 0 aliphatic heterocycles. The van der Waals surface area contributed by atoms with Crippen molar-refractivity contribution < 1.29 is 39.6 Å². The summed E-state index contributed by atoms with van der Waals surface area (Å²) < 4.78 is 106. The van der Waals surface area contributed by atoms with Crippen LogP contribution in [0.15, 0.2) is 29.2 Å². The van der Waals surface area contributed by atoms with Crippen molar-refractivity contribution in [3.8, 4) is 0 Å². The van der Waals surface area contributed by atoms with Crippen molar-refractivity contribution in [2.75, 3.05) is 4.72 Å². The van der Waals surface area contributed by atoms with E-state index >= 15 is 0 Å². The number of rotatable bonds is 5. The SMILES string of the molecule is NC(=O)/C(=C\c1c(F)c(F)c(F)c(F)c1F)S(=O)(=O)Nc1ccc(F)cc1. The zero-order valence-electron chi connectivity index (χ0n) is 12.9. The second-order valence-corrected chi connectivity index (χ2v) is 6.62. The molecule has 5 nitrogen and oxygen atoms in total. The van der Waals surface area contributed by atoms with Crippen LogP contribution in [0.3, 0.4) is 0 Å². The van der Waals surface area contributed by atoms with Gasteiger partial charge in [0.25, 0.3) is 15.9 Å². The lowest BCUT2D eigenvalue weighted by atomic mass is 10.1. The Hall–Kier alpha value is -3.02. The molecule has 2 rings (SSSR count). The van der Waals surface area contributed by atoms with Crippen molar-refractivity contribution in [2.24, 2.45) is 5.73 Å². The number of amides is 1. The molecule has 0 aliphatic rings. The first kappa shape index (κ1) is 20.3. The topological polar surface area (TPSA) is 89.3 Å². The van der Waals surface area contributed by atoms with Crippen molar-refractivity contribution in [3.63, 3.8) is 0 Å². The molecule has 0 bridgehead atoms. The van der Waals surface area contributed by atoms with E-state index in [0.717, 1.165) is 24.3 Å². The molecule has 0 atom stereocenters. The first-order valence-electron chi connectivity index (χ1n) is 6.77. The van der Waals surface area contributed by atoms with Gasteiger partial charge in [-0.1, -0.05) is 0 Å². The van der Waals surface area contributed by atoms with Crippen molar-refractivity contribution in [2.45, 2.75) is 0 Å². The van der Waals surface area contributed by atoms with E-state index in [1.807, 2.05) is 0 Å². The number of sulfonamides is 1. The number of hydrogen-bond acceptors (Lipinski definition) is 3. The number of anilines is 1. The molecule has 1 amide bonds. The van der Waals surface area contributed by atoms with Gasteiger partial charge in [-0.25, -0.2) is 34.8 Å². The first-order valence-corrected chi connectivity index (χ1v) is 8.25. The standard InChI is InChI=1S/C15H8F6N2O3S/c16-6-1-3-7(4-2-6)23-27(25,26)9(15(22)24)5-8-10(17)12(19)14(21)13(20)11(8)18/h1-5,23H,(H2,22,24)/b9-5+. The Morgan fingerprint density at radius 2 is 1.30 bits per heavy atom. The van der Waals surface area contributed by atoms with E-state index in [2.05, 4.69) is 0 Å². The minimum atomic E-state index is -4.91. The minimum Gasteiger partial charge on any atom is -0.365 e. The molecule has 0 saturated carbocycles. The highest BCUT2D eigenvalue weighted by atomic mass is 32.2. The van der Waals surface area contributed by atoms with Crippen molar-refractivity contribution in [3.05, 3.63) is 69.6 Å². The molecule has 2 aromatic carbocycles. The number of benzene rings is 2. The summed E-state index contributed by atoms with van der Waals surface area (Å²) in [6.45, 7) is 0. The van der Waals surface area contributed by atoms with Gasteiger partial charge in [0.2, 0.25) is 5.82 Å². The number of nitrogens with one attached hydrogen (secondary N) is 1. The van der Waals surface area contributed by atoms with E-state index in [4.69, 9.17) is 5.73 Å². The quantitative estimate of drug-likeness (QED) is 0.344. The smallest absolute Gasteiger partial charge is 0.267 e. The lowest BCUT2D eigenvalue weighted by Crippen LogP contribution is -2.26. The summed E-state index contributed by atoms with van der Waals surface area (Å²) in [6, 6.07) is 3.61. The van der Waals surface area contributed by atoms with Gasteiger partial charge in [-0.2, -0.15) is 0 Å².